The summed E-state index contributed by atoms with van der Waals surface area (Å²) in [6, 6.07) is 1.83. The molecule has 0 atom stereocenters. The Morgan fingerprint density at radius 2 is 1.79 bits per heavy atom. The average molecular weight is 214 g/mol. The molecule has 3 nitrogen and oxygen atoms in total. The molecule has 2 aromatic rings. The Kier molecular flexibility index (Phi) is 1.92. The van der Waals surface area contributed by atoms with Gasteiger partial charge in [0.1, 0.15) is 17.0 Å². The molecular formula is C8H4F2N2OS. The van der Waals surface area contributed by atoms with Gasteiger partial charge in [-0.1, -0.05) is 0 Å². The van der Waals surface area contributed by atoms with Crippen molar-refractivity contribution in [2.24, 2.45) is 0 Å². The summed E-state index contributed by atoms with van der Waals surface area (Å²) in [6.45, 7) is 0. The maximum Gasteiger partial charge on any atom is 0.262 e. The van der Waals surface area contributed by atoms with Crippen molar-refractivity contribution in [3.05, 3.63) is 38.9 Å². The van der Waals surface area contributed by atoms with Gasteiger partial charge in [0.15, 0.2) is 4.77 Å². The summed E-state index contributed by atoms with van der Waals surface area (Å²) in [7, 11) is 0. The predicted octanol–water partition coefficient (Wildman–Crippen LogP) is 1.86. The molecule has 0 unspecified atom stereocenters. The summed E-state index contributed by atoms with van der Waals surface area (Å²) in [4.78, 5) is 15.8. The minimum Gasteiger partial charge on any atom is -0.329 e. The fourth-order valence-corrected chi connectivity index (χ4v) is 1.40. The Morgan fingerprint density at radius 1 is 1.14 bits per heavy atom. The number of H-pyrrole nitrogens is 2. The molecule has 0 bridgehead atoms. The highest BCUT2D eigenvalue weighted by atomic mass is 32.1. The van der Waals surface area contributed by atoms with Crippen molar-refractivity contribution >= 4 is 23.1 Å². The lowest BCUT2D eigenvalue weighted by Gasteiger charge is -1.99. The number of benzene rings is 1. The zero-order chi connectivity index (χ0) is 10.3. The first kappa shape index (κ1) is 9.01. The van der Waals surface area contributed by atoms with Crippen LogP contribution in [-0.4, -0.2) is 9.97 Å². The lowest BCUT2D eigenvalue weighted by atomic mass is 10.2. The van der Waals surface area contributed by atoms with E-state index in [-0.39, 0.29) is 15.7 Å². The third kappa shape index (κ3) is 1.24. The smallest absolute Gasteiger partial charge is 0.262 e. The maximum atomic E-state index is 13.1. The highest BCUT2D eigenvalue weighted by molar-refractivity contribution is 7.71. The van der Waals surface area contributed by atoms with Crippen molar-refractivity contribution in [2.75, 3.05) is 0 Å². The number of hydrogen-bond acceptors (Lipinski definition) is 2. The second-order valence-electron chi connectivity index (χ2n) is 2.69. The lowest BCUT2D eigenvalue weighted by Crippen LogP contribution is -2.10. The van der Waals surface area contributed by atoms with Crippen molar-refractivity contribution in [2.45, 2.75) is 0 Å². The Labute approximate surface area is 81.4 Å². The molecular weight excluding hydrogens is 210 g/mol. The van der Waals surface area contributed by atoms with Crippen molar-refractivity contribution < 1.29 is 8.78 Å². The first-order valence-electron chi connectivity index (χ1n) is 3.70. The average Bonchev–Trinajstić information content (AvgIpc) is 2.10. The van der Waals surface area contributed by atoms with Crippen LogP contribution in [0.1, 0.15) is 0 Å². The van der Waals surface area contributed by atoms with Crippen LogP contribution < -0.4 is 5.56 Å². The van der Waals surface area contributed by atoms with E-state index in [9.17, 15) is 13.6 Å². The van der Waals surface area contributed by atoms with Gasteiger partial charge in [0.25, 0.3) is 5.56 Å². The zero-order valence-corrected chi connectivity index (χ0v) is 7.54. The molecule has 0 amide bonds. The van der Waals surface area contributed by atoms with Crippen molar-refractivity contribution in [1.82, 2.24) is 9.97 Å². The molecule has 0 fully saturated rings. The monoisotopic (exact) mass is 214 g/mol. The maximum absolute atomic E-state index is 13.1. The number of aromatic amines is 2. The number of fused-ring (bicyclic) bond motifs is 1. The van der Waals surface area contributed by atoms with Gasteiger partial charge >= 0.3 is 0 Å². The van der Waals surface area contributed by atoms with E-state index in [4.69, 9.17) is 0 Å². The molecule has 0 saturated carbocycles. The highest BCUT2D eigenvalue weighted by Gasteiger charge is 2.09. The summed E-state index contributed by atoms with van der Waals surface area (Å²) in [5.41, 5.74) is -0.945. The molecule has 0 saturated heterocycles. The molecule has 2 rings (SSSR count). The highest BCUT2D eigenvalue weighted by Crippen LogP contribution is 2.14. The zero-order valence-electron chi connectivity index (χ0n) is 6.73. The van der Waals surface area contributed by atoms with Crippen LogP contribution in [-0.2, 0) is 0 Å². The van der Waals surface area contributed by atoms with Crippen molar-refractivity contribution in [3.63, 3.8) is 0 Å². The van der Waals surface area contributed by atoms with E-state index in [0.29, 0.717) is 0 Å². The van der Waals surface area contributed by atoms with Gasteiger partial charge in [-0.3, -0.25) is 9.78 Å². The standard InChI is InChI=1S/C8H4F2N2OS/c9-3-1-2-4(10)6-5(3)7(13)12-8(14)11-6/h1-2H,(H2,11,12,13,14). The summed E-state index contributed by atoms with van der Waals surface area (Å²) in [5, 5.41) is -0.349. The van der Waals surface area contributed by atoms with Crippen LogP contribution in [0.4, 0.5) is 8.78 Å². The van der Waals surface area contributed by atoms with Gasteiger partial charge in [0.05, 0.1) is 5.52 Å². The third-order valence-electron chi connectivity index (χ3n) is 1.80. The summed E-state index contributed by atoms with van der Waals surface area (Å²) >= 11 is 4.63. The fraction of sp³-hybridized carbons (Fsp3) is 0. The first-order valence-corrected chi connectivity index (χ1v) is 4.11. The topological polar surface area (TPSA) is 48.6 Å². The van der Waals surface area contributed by atoms with Gasteiger partial charge in [0, 0.05) is 0 Å². The molecule has 0 aliphatic carbocycles. The molecule has 1 heterocycles. The molecule has 6 heteroatoms. The van der Waals surface area contributed by atoms with Crippen molar-refractivity contribution in [3.8, 4) is 0 Å². The minimum absolute atomic E-state index is 0.0352. The molecule has 72 valence electrons. The summed E-state index contributed by atoms with van der Waals surface area (Å²) in [6.07, 6.45) is 0. The SMILES string of the molecule is O=c1[nH]c(=S)[nH]c2c(F)ccc(F)c12. The van der Waals surface area contributed by atoms with Crippen LogP contribution >= 0.6 is 12.2 Å². The Bertz CT molecular complexity index is 617. The molecule has 2 N–H and O–H groups in total. The molecule has 0 aliphatic heterocycles. The van der Waals surface area contributed by atoms with Gasteiger partial charge in [-0.25, -0.2) is 8.78 Å². The molecule has 1 aromatic carbocycles. The van der Waals surface area contributed by atoms with Crippen LogP contribution in [0.5, 0.6) is 0 Å². The van der Waals surface area contributed by atoms with E-state index in [0.717, 1.165) is 12.1 Å². The second-order valence-corrected chi connectivity index (χ2v) is 3.10. The van der Waals surface area contributed by atoms with E-state index in [1.807, 2.05) is 0 Å². The summed E-state index contributed by atoms with van der Waals surface area (Å²) in [5.74, 6) is -1.49. The molecule has 0 radical (unpaired) electrons. The van der Waals surface area contributed by atoms with Gasteiger partial charge in [-0.05, 0) is 24.4 Å². The Morgan fingerprint density at radius 3 is 2.50 bits per heavy atom. The minimum atomic E-state index is -0.783. The normalized spacial score (nSPS) is 10.7. The van der Waals surface area contributed by atoms with Gasteiger partial charge in [-0.15, -0.1) is 0 Å². The molecule has 1 aromatic heterocycles. The van der Waals surface area contributed by atoms with Crippen LogP contribution in [0.2, 0.25) is 0 Å². The van der Waals surface area contributed by atoms with E-state index in [1.54, 1.807) is 0 Å². The molecule has 14 heavy (non-hydrogen) atoms. The number of halogens is 2. The van der Waals surface area contributed by atoms with Gasteiger partial charge in [0.2, 0.25) is 0 Å². The third-order valence-corrected chi connectivity index (χ3v) is 2.00. The van der Waals surface area contributed by atoms with Crippen LogP contribution in [0.3, 0.4) is 0 Å². The Balaban J connectivity index is 3.16. The number of nitrogens with one attached hydrogen (secondary N) is 2. The van der Waals surface area contributed by atoms with E-state index in [2.05, 4.69) is 22.2 Å². The van der Waals surface area contributed by atoms with Crippen LogP contribution in [0, 0.1) is 16.4 Å². The van der Waals surface area contributed by atoms with E-state index in [1.165, 1.54) is 0 Å². The van der Waals surface area contributed by atoms with Gasteiger partial charge < -0.3 is 4.98 Å². The molecule has 0 spiro atoms. The quantitative estimate of drug-likeness (QED) is 0.657. The van der Waals surface area contributed by atoms with E-state index >= 15 is 0 Å². The van der Waals surface area contributed by atoms with E-state index < -0.39 is 17.2 Å². The lowest BCUT2D eigenvalue weighted by molar-refractivity contribution is 0.613. The fourth-order valence-electron chi connectivity index (χ4n) is 1.21. The van der Waals surface area contributed by atoms with Crippen molar-refractivity contribution in [1.29, 1.82) is 0 Å². The predicted molar refractivity (Wildman–Crippen MR) is 49.7 cm³/mol. The number of hydrogen-bond donors (Lipinski definition) is 2. The number of aromatic nitrogens is 2. The van der Waals surface area contributed by atoms with Crippen LogP contribution in [0.25, 0.3) is 10.9 Å². The largest absolute Gasteiger partial charge is 0.329 e. The number of rotatable bonds is 0. The molecule has 0 aliphatic rings. The summed E-state index contributed by atoms with van der Waals surface area (Å²) < 4.78 is 26.2. The van der Waals surface area contributed by atoms with Gasteiger partial charge in [-0.2, -0.15) is 0 Å². The second kappa shape index (κ2) is 2.98. The first-order chi connectivity index (χ1) is 6.59. The Hall–Kier alpha value is -1.56. The van der Waals surface area contributed by atoms with Crippen LogP contribution in [0.15, 0.2) is 16.9 Å².